The molecule has 16 nitrogen and oxygen atoms in total. The van der Waals surface area contributed by atoms with Gasteiger partial charge in [-0.1, -0.05) is 180 Å². The normalized spacial score (nSPS) is 22.9. The van der Waals surface area contributed by atoms with Crippen LogP contribution in [0.3, 0.4) is 0 Å². The van der Waals surface area contributed by atoms with Crippen LogP contribution >= 0.6 is 0 Å². The number of hydrogen-bond donors (Lipinski definition) is 4. The molecule has 0 radical (unpaired) electrons. The number of nitrogens with zero attached hydrogens (tertiary/aromatic N) is 4. The number of aliphatic carboxylic acids is 2. The molecule has 664 valence electrons. The van der Waals surface area contributed by atoms with Gasteiger partial charge in [0.15, 0.2) is 0 Å². The number of carbonyl (C=O) groups excluding carboxylic acids is 2. The molecule has 4 atom stereocenters. The van der Waals surface area contributed by atoms with Crippen LogP contribution in [0.15, 0.2) is 219 Å². The van der Waals surface area contributed by atoms with Crippen LogP contribution in [0.5, 0.6) is 23.0 Å². The number of ether oxygens (including phenoxy) is 4. The van der Waals surface area contributed by atoms with Crippen molar-refractivity contribution in [2.45, 2.75) is 277 Å². The van der Waals surface area contributed by atoms with Crippen molar-refractivity contribution in [3.63, 3.8) is 0 Å². The Morgan fingerprint density at radius 1 is 0.378 bits per heavy atom. The fraction of sp³-hybridized carbons (Fsp3) is 0.436. The summed E-state index contributed by atoms with van der Waals surface area (Å²) in [5.41, 5.74) is 28.5. The average molecular weight is 1720 g/mol. The number of aromatic amines is 2. The Kier molecular flexibility index (Phi) is 31.7. The predicted octanol–water partition coefficient (Wildman–Crippen LogP) is 19.8. The number of carbonyl (C=O) groups is 2. The number of nitrogens with one attached hydrogen (secondary N) is 4. The molecule has 4 unspecified atom stereocenters. The van der Waals surface area contributed by atoms with Gasteiger partial charge in [0.1, 0.15) is 23.0 Å². The molecule has 6 aromatic rings. The number of H-pyrrole nitrogens is 2. The first-order valence-corrected chi connectivity index (χ1v) is 46.9. The molecule has 0 amide bonds. The van der Waals surface area contributed by atoms with Crippen LogP contribution < -0.4 is 61.2 Å². The summed E-state index contributed by atoms with van der Waals surface area (Å²) < 4.78 is 24.5. The van der Waals surface area contributed by atoms with E-state index in [9.17, 15) is 19.8 Å². The third-order valence-corrected chi connectivity index (χ3v) is 27.7. The monoisotopic (exact) mass is 1720 g/mol. The number of rotatable bonds is 34. The number of fused-ring (bicyclic) bond motifs is 12. The second-order valence-corrected chi connectivity index (χ2v) is 35.5. The maximum atomic E-state index is 14.0. The molecule has 8 aliphatic heterocycles. The van der Waals surface area contributed by atoms with E-state index in [1.807, 2.05) is 74.5 Å². The molecule has 0 fully saturated rings. The summed E-state index contributed by atoms with van der Waals surface area (Å²) in [6.45, 7) is 34.5. The Balaban J connectivity index is 0.000000229. The third-order valence-electron chi connectivity index (χ3n) is 27.7. The molecule has 14 rings (SSSR count). The van der Waals surface area contributed by atoms with Crippen molar-refractivity contribution in [2.24, 2.45) is 30.8 Å². The summed E-state index contributed by atoms with van der Waals surface area (Å²) in [5.74, 6) is 0.697. The van der Waals surface area contributed by atoms with Crippen LogP contribution in [-0.4, -0.2) is 108 Å². The number of benzene rings is 4. The van der Waals surface area contributed by atoms with E-state index in [2.05, 4.69) is 178 Å². The topological polar surface area (TPSA) is 222 Å². The first-order chi connectivity index (χ1) is 61.0. The van der Waals surface area contributed by atoms with Gasteiger partial charge in [0, 0.05) is 66.6 Å². The van der Waals surface area contributed by atoms with Crippen molar-refractivity contribution in [1.29, 1.82) is 0 Å². The predicted molar refractivity (Wildman–Crippen MR) is 520 cm³/mol. The van der Waals surface area contributed by atoms with Crippen molar-refractivity contribution in [2.75, 3.05) is 28.4 Å². The number of aliphatic imine (C=N–C) groups is 4. The molecular formula is C110H134MgN8O8. The van der Waals surface area contributed by atoms with Gasteiger partial charge in [-0.25, -0.2) is 20.0 Å². The van der Waals surface area contributed by atoms with Gasteiger partial charge in [0.25, 0.3) is 0 Å². The van der Waals surface area contributed by atoms with Crippen LogP contribution in [0.1, 0.15) is 283 Å². The van der Waals surface area contributed by atoms with Crippen molar-refractivity contribution in [1.82, 2.24) is 20.6 Å². The number of unbranched alkanes of at least 4 members (excludes halogenated alkanes) is 8. The second kappa shape index (κ2) is 42.2. The number of allylic oxidation sites excluding steroid dienone is 10. The van der Waals surface area contributed by atoms with E-state index in [-0.39, 0.29) is 23.1 Å². The van der Waals surface area contributed by atoms with E-state index >= 15 is 0 Å². The molecule has 8 aliphatic rings. The van der Waals surface area contributed by atoms with E-state index in [0.717, 1.165) is 320 Å². The zero-order valence-corrected chi connectivity index (χ0v) is 80.8. The fourth-order valence-electron chi connectivity index (χ4n) is 19.9. The standard InChI is InChI=1S/2C55H68N4O4.Mg/c2*1-11-15-23-36-33(5)42-31-43-34(6)37(24-16-12-2)52(57-43)49(40-27-20-22-30-46(40)63-10)53-41(28-18-14-4)55(8,54(60)61)47(59-53)32-44-35(7)38(25-17-13-3)51(58-44)48(50(36)56-42)39-26-19-21-29-45(39)62-9;/h2*19-22,26-27,29-32,47,56,59H,11-18,23-25,28H2,1-10H3,(H,60,61);/q;;+2/p-2/b2*42-31-,44-32-,50-48-,52-49-;. The van der Waals surface area contributed by atoms with Gasteiger partial charge in [0.05, 0.1) is 120 Å². The van der Waals surface area contributed by atoms with Crippen molar-refractivity contribution in [3.8, 4) is 23.0 Å². The molecule has 4 aromatic carbocycles. The zero-order valence-electron chi connectivity index (χ0n) is 79.4. The van der Waals surface area contributed by atoms with Gasteiger partial charge in [-0.2, -0.15) is 0 Å². The number of aromatic nitrogens is 2. The van der Waals surface area contributed by atoms with Crippen LogP contribution in [0.4, 0.5) is 0 Å². The number of carboxylic acid groups (broad SMARTS) is 2. The number of carboxylic acids is 2. The molecule has 10 heterocycles. The second-order valence-electron chi connectivity index (χ2n) is 35.5. The smallest absolute Gasteiger partial charge is 0.549 e. The van der Waals surface area contributed by atoms with E-state index in [0.29, 0.717) is 24.3 Å². The summed E-state index contributed by atoms with van der Waals surface area (Å²) in [6, 6.07) is 31.2. The third kappa shape index (κ3) is 18.3. The van der Waals surface area contributed by atoms with Crippen LogP contribution in [0.25, 0.3) is 34.4 Å². The molecule has 0 saturated heterocycles. The summed E-state index contributed by atoms with van der Waals surface area (Å²) in [6.07, 6.45) is 30.4. The Morgan fingerprint density at radius 3 is 0.961 bits per heavy atom. The Hall–Kier alpha value is -10.5. The summed E-state index contributed by atoms with van der Waals surface area (Å²) >= 11 is 0. The van der Waals surface area contributed by atoms with Crippen molar-refractivity contribution >= 4 is 92.3 Å². The zero-order chi connectivity index (χ0) is 90.0. The number of hydrogen-bond acceptors (Lipinski definition) is 14. The van der Waals surface area contributed by atoms with Crippen molar-refractivity contribution < 1.29 is 38.7 Å². The molecular weight excluding hydrogens is 1590 g/mol. The molecule has 127 heavy (non-hydrogen) atoms. The van der Waals surface area contributed by atoms with E-state index in [4.69, 9.17) is 38.9 Å². The van der Waals surface area contributed by atoms with Gasteiger partial charge < -0.3 is 59.4 Å². The van der Waals surface area contributed by atoms with Gasteiger partial charge in [-0.05, 0) is 285 Å². The molecule has 2 aromatic heterocycles. The van der Waals surface area contributed by atoms with E-state index in [1.165, 1.54) is 33.4 Å². The first-order valence-electron chi connectivity index (χ1n) is 46.9. The van der Waals surface area contributed by atoms with Gasteiger partial charge >= 0.3 is 23.1 Å². The van der Waals surface area contributed by atoms with E-state index < -0.39 is 34.9 Å². The minimum Gasteiger partial charge on any atom is -0.549 e. The quantitative estimate of drug-likeness (QED) is 0.0280. The summed E-state index contributed by atoms with van der Waals surface area (Å²) in [5, 5.41) is 39.9. The van der Waals surface area contributed by atoms with Crippen LogP contribution in [-0.2, 0) is 22.4 Å². The van der Waals surface area contributed by atoms with Gasteiger partial charge in [0.2, 0.25) is 0 Å². The van der Waals surface area contributed by atoms with Crippen LogP contribution in [0, 0.1) is 24.7 Å². The summed E-state index contributed by atoms with van der Waals surface area (Å²) in [7, 11) is 6.85. The fourth-order valence-corrected chi connectivity index (χ4v) is 19.9. The molecule has 4 N–H and O–H groups in total. The maximum absolute atomic E-state index is 14.0. The maximum Gasteiger partial charge on any atom is 2.00 e. The minimum atomic E-state index is -1.41. The molecule has 0 spiro atoms. The summed E-state index contributed by atoms with van der Waals surface area (Å²) in [4.78, 5) is 58.6. The first kappa shape index (κ1) is 95.6. The number of methoxy groups -OCH3 is 4. The number of para-hydroxylation sites is 4. The van der Waals surface area contributed by atoms with Gasteiger partial charge in [-0.15, -0.1) is 0 Å². The van der Waals surface area contributed by atoms with E-state index in [1.54, 1.807) is 28.4 Å². The SMILES string of the molecule is CCCCC1=C(C)C2=NC/1=C(/c1ccccc1OC)C1=C(CCCC)C(C)(C(=O)[O-])C(\C=C3/N=C(C(CCCC)=C3C)/C(c3ccccc3OC)=c3\[nH]/c(c(C)c3CCCC)=C\2)N1.CCCCC1=C(C)C2=NC/1=C(/c1ccccc1OC)C1=C(CCCC)C(C)(C(=O)[O-])C(\C=C3/N=C(C(CCCC)=C3C)/C(c3ccccc3OC)=c3\[nH]/c(c(C)c3CCCC)=C\2)N1.[Mg+2]. The molecule has 17 heteroatoms. The molecule has 16 bridgehead atoms. The molecule has 0 saturated carbocycles. The molecule has 0 aliphatic carbocycles. The average Bonchev–Trinajstić information content (AvgIpc) is 1.57. The van der Waals surface area contributed by atoms with Crippen molar-refractivity contribution in [3.05, 3.63) is 265 Å². The van der Waals surface area contributed by atoms with Crippen LogP contribution in [0.2, 0.25) is 0 Å². The minimum absolute atomic E-state index is 0. The largest absolute Gasteiger partial charge is 2.00 e. The Labute approximate surface area is 770 Å². The Morgan fingerprint density at radius 2 is 0.661 bits per heavy atom. The van der Waals surface area contributed by atoms with Gasteiger partial charge in [-0.3, -0.25) is 0 Å². The Bertz CT molecular complexity index is 5660.